The molecule has 0 bridgehead atoms. The van der Waals surface area contributed by atoms with Gasteiger partial charge >= 0.3 is 0 Å². The number of nitrogens with one attached hydrogen (secondary N) is 1. The molecule has 4 nitrogen and oxygen atoms in total. The molecule has 2 N–H and O–H groups in total. The highest BCUT2D eigenvalue weighted by molar-refractivity contribution is 7.07. The number of amides is 1. The molecule has 0 radical (unpaired) electrons. The van der Waals surface area contributed by atoms with Crippen molar-refractivity contribution in [3.63, 3.8) is 0 Å². The van der Waals surface area contributed by atoms with E-state index < -0.39 is 6.10 Å². The van der Waals surface area contributed by atoms with E-state index in [4.69, 9.17) is 5.26 Å². The predicted molar refractivity (Wildman–Crippen MR) is 84.6 cm³/mol. The van der Waals surface area contributed by atoms with Crippen LogP contribution in [0.25, 0.3) is 0 Å². The van der Waals surface area contributed by atoms with Crippen LogP contribution in [-0.4, -0.2) is 17.6 Å². The molecule has 0 saturated heterocycles. The Morgan fingerprint density at radius 1 is 1.36 bits per heavy atom. The summed E-state index contributed by atoms with van der Waals surface area (Å²) < 4.78 is 0. The van der Waals surface area contributed by atoms with Crippen LogP contribution in [0.5, 0.6) is 0 Å². The van der Waals surface area contributed by atoms with E-state index in [1.54, 1.807) is 12.1 Å². The average Bonchev–Trinajstić information content (AvgIpc) is 3.17. The van der Waals surface area contributed by atoms with Crippen molar-refractivity contribution >= 4 is 17.2 Å². The number of rotatable bonds is 5. The van der Waals surface area contributed by atoms with Crippen LogP contribution in [0.3, 0.4) is 0 Å². The van der Waals surface area contributed by atoms with Crippen LogP contribution in [0.4, 0.5) is 0 Å². The molecule has 1 fully saturated rings. The highest BCUT2D eigenvalue weighted by Gasteiger charge is 2.44. The van der Waals surface area contributed by atoms with Crippen molar-refractivity contribution in [1.29, 1.82) is 5.26 Å². The van der Waals surface area contributed by atoms with E-state index in [9.17, 15) is 9.90 Å². The molecule has 1 unspecified atom stereocenters. The molecule has 1 heterocycles. The number of carbonyl (C=O) groups excluding carboxylic acids is 1. The van der Waals surface area contributed by atoms with Crippen LogP contribution in [0.15, 0.2) is 41.1 Å². The van der Waals surface area contributed by atoms with E-state index in [-0.39, 0.29) is 17.9 Å². The van der Waals surface area contributed by atoms with Crippen molar-refractivity contribution < 1.29 is 9.90 Å². The monoisotopic (exact) mass is 312 g/mol. The van der Waals surface area contributed by atoms with Gasteiger partial charge in [-0.05, 0) is 52.9 Å². The van der Waals surface area contributed by atoms with Crippen LogP contribution in [0.1, 0.15) is 40.4 Å². The lowest BCUT2D eigenvalue weighted by atomic mass is 9.96. The fourth-order valence-corrected chi connectivity index (χ4v) is 3.11. The van der Waals surface area contributed by atoms with E-state index >= 15 is 0 Å². The molecule has 1 saturated carbocycles. The minimum absolute atomic E-state index is 0.180. The van der Waals surface area contributed by atoms with E-state index in [1.807, 2.05) is 29.0 Å². The van der Waals surface area contributed by atoms with E-state index in [2.05, 4.69) is 11.4 Å². The topological polar surface area (TPSA) is 73.1 Å². The first-order valence-corrected chi connectivity index (χ1v) is 8.09. The Morgan fingerprint density at radius 3 is 2.64 bits per heavy atom. The van der Waals surface area contributed by atoms with Gasteiger partial charge in [0.15, 0.2) is 0 Å². The normalized spacial score (nSPS) is 16.5. The van der Waals surface area contributed by atoms with Gasteiger partial charge in [0, 0.05) is 12.1 Å². The number of aliphatic hydroxyl groups excluding tert-OH is 1. The number of thiophene rings is 1. The second kappa shape index (κ2) is 5.91. The molecule has 1 atom stereocenters. The molecule has 5 heteroatoms. The van der Waals surface area contributed by atoms with Crippen LogP contribution in [-0.2, 0) is 5.41 Å². The Balaban J connectivity index is 1.60. The van der Waals surface area contributed by atoms with Gasteiger partial charge in [-0.25, -0.2) is 0 Å². The summed E-state index contributed by atoms with van der Waals surface area (Å²) in [5, 5.41) is 25.6. The molecule has 1 amide bonds. The molecule has 112 valence electrons. The van der Waals surface area contributed by atoms with Crippen molar-refractivity contribution in [2.45, 2.75) is 24.4 Å². The lowest BCUT2D eigenvalue weighted by molar-refractivity contribution is 0.0916. The maximum absolute atomic E-state index is 12.1. The van der Waals surface area contributed by atoms with Gasteiger partial charge in [-0.3, -0.25) is 4.79 Å². The molecule has 1 aliphatic rings. The maximum atomic E-state index is 12.1. The number of hydrogen-bond donors (Lipinski definition) is 2. The summed E-state index contributed by atoms with van der Waals surface area (Å²) in [6.07, 6.45) is 1.09. The van der Waals surface area contributed by atoms with Crippen LogP contribution < -0.4 is 5.32 Å². The molecule has 3 rings (SSSR count). The third kappa shape index (κ3) is 2.89. The zero-order valence-electron chi connectivity index (χ0n) is 12.0. The second-order valence-corrected chi connectivity index (χ2v) is 6.33. The Bertz CT molecular complexity index is 697. The number of aliphatic hydroxyl groups is 1. The predicted octanol–water partition coefficient (Wildman–Crippen LogP) is 2.77. The highest BCUT2D eigenvalue weighted by Crippen LogP contribution is 2.47. The van der Waals surface area contributed by atoms with Gasteiger partial charge in [0.2, 0.25) is 0 Å². The molecule has 1 aliphatic carbocycles. The van der Waals surface area contributed by atoms with Gasteiger partial charge in [0.05, 0.1) is 17.6 Å². The molecule has 0 aliphatic heterocycles. The fourth-order valence-electron chi connectivity index (χ4n) is 2.40. The van der Waals surface area contributed by atoms with Crippen molar-refractivity contribution in [1.82, 2.24) is 5.32 Å². The molecule has 1 aromatic carbocycles. The summed E-state index contributed by atoms with van der Waals surface area (Å²) in [4.78, 5) is 12.1. The van der Waals surface area contributed by atoms with Crippen molar-refractivity contribution in [3.8, 4) is 6.07 Å². The van der Waals surface area contributed by atoms with E-state index in [1.165, 1.54) is 11.3 Å². The van der Waals surface area contributed by atoms with Gasteiger partial charge in [-0.15, -0.1) is 0 Å². The second-order valence-electron chi connectivity index (χ2n) is 5.55. The minimum atomic E-state index is -0.692. The summed E-state index contributed by atoms with van der Waals surface area (Å²) in [5.74, 6) is -0.220. The highest BCUT2D eigenvalue weighted by atomic mass is 32.1. The Labute approximate surface area is 133 Å². The van der Waals surface area contributed by atoms with Gasteiger partial charge in [-0.1, -0.05) is 12.1 Å². The summed E-state index contributed by atoms with van der Waals surface area (Å²) in [6, 6.07) is 11.3. The van der Waals surface area contributed by atoms with E-state index in [0.717, 1.165) is 24.0 Å². The third-order valence-corrected chi connectivity index (χ3v) is 4.75. The molecular formula is C17H16N2O2S. The zero-order chi connectivity index (χ0) is 15.6. The first-order chi connectivity index (χ1) is 10.6. The molecular weight excluding hydrogens is 296 g/mol. The van der Waals surface area contributed by atoms with Crippen molar-refractivity contribution in [2.75, 3.05) is 6.54 Å². The van der Waals surface area contributed by atoms with Gasteiger partial charge < -0.3 is 10.4 Å². The quantitative estimate of drug-likeness (QED) is 0.891. The first-order valence-electron chi connectivity index (χ1n) is 7.15. The minimum Gasteiger partial charge on any atom is -0.387 e. The Morgan fingerprint density at radius 2 is 2.09 bits per heavy atom. The number of hydrogen-bond acceptors (Lipinski definition) is 4. The Hall–Kier alpha value is -2.16. The standard InChI is InChI=1S/C17H16N2O2S/c18-11-17(6-7-17)14-3-1-12(2-4-14)16(21)19-9-15(20)13-5-8-22-10-13/h1-5,8,10,15,20H,6-7,9H2,(H,19,21). The number of carbonyl (C=O) groups is 1. The van der Waals surface area contributed by atoms with Gasteiger partial charge in [-0.2, -0.15) is 16.6 Å². The molecule has 0 spiro atoms. The fraction of sp³-hybridized carbons (Fsp3) is 0.294. The Kier molecular flexibility index (Phi) is 3.97. The molecule has 22 heavy (non-hydrogen) atoms. The number of nitrogens with zero attached hydrogens (tertiary/aromatic N) is 1. The summed E-state index contributed by atoms with van der Waals surface area (Å²) in [7, 11) is 0. The van der Waals surface area contributed by atoms with Gasteiger partial charge in [0.25, 0.3) is 5.91 Å². The third-order valence-electron chi connectivity index (χ3n) is 4.05. The number of nitriles is 1. The molecule has 2 aromatic rings. The SMILES string of the molecule is N#CC1(c2ccc(C(=O)NCC(O)c3ccsc3)cc2)CC1. The van der Waals surface area contributed by atoms with Crippen LogP contribution in [0.2, 0.25) is 0 Å². The van der Waals surface area contributed by atoms with Crippen LogP contribution in [0, 0.1) is 11.3 Å². The zero-order valence-corrected chi connectivity index (χ0v) is 12.8. The summed E-state index contributed by atoms with van der Waals surface area (Å²) >= 11 is 1.51. The summed E-state index contributed by atoms with van der Waals surface area (Å²) in [5.41, 5.74) is 2.00. The summed E-state index contributed by atoms with van der Waals surface area (Å²) in [6.45, 7) is 0.180. The van der Waals surface area contributed by atoms with Gasteiger partial charge in [0.1, 0.15) is 0 Å². The number of benzene rings is 1. The van der Waals surface area contributed by atoms with Crippen molar-refractivity contribution in [2.24, 2.45) is 0 Å². The maximum Gasteiger partial charge on any atom is 0.251 e. The smallest absolute Gasteiger partial charge is 0.251 e. The average molecular weight is 312 g/mol. The lowest BCUT2D eigenvalue weighted by Crippen LogP contribution is -2.28. The van der Waals surface area contributed by atoms with E-state index in [0.29, 0.717) is 5.56 Å². The lowest BCUT2D eigenvalue weighted by Gasteiger charge is -2.11. The first kappa shape index (κ1) is 14.8. The molecule has 1 aromatic heterocycles. The largest absolute Gasteiger partial charge is 0.387 e. The van der Waals surface area contributed by atoms with Crippen molar-refractivity contribution in [3.05, 3.63) is 57.8 Å². The van der Waals surface area contributed by atoms with Crippen LogP contribution >= 0.6 is 11.3 Å².